The Hall–Kier alpha value is -1.61. The molecule has 1 aromatic rings. The first-order valence-corrected chi connectivity index (χ1v) is 7.85. The smallest absolute Gasteiger partial charge is 0.325 e. The number of nitrogens with zero attached hydrogens (tertiary/aromatic N) is 3. The van der Waals surface area contributed by atoms with Crippen LogP contribution in [-0.2, 0) is 21.5 Å². The maximum absolute atomic E-state index is 12.2. The van der Waals surface area contributed by atoms with E-state index in [1.807, 2.05) is 13.8 Å². The second kappa shape index (κ2) is 7.25. The largest absolute Gasteiger partial charge is 0.480 e. The molecular weight excluding hydrogens is 284 g/mol. The Labute approximate surface area is 118 Å². The van der Waals surface area contributed by atoms with Crippen LogP contribution in [0.1, 0.15) is 26.7 Å². The highest BCUT2D eigenvalue weighted by atomic mass is 32.2. The van der Waals surface area contributed by atoms with Crippen molar-refractivity contribution in [3.05, 3.63) is 12.4 Å². The first-order valence-electron chi connectivity index (χ1n) is 6.41. The molecule has 0 aliphatic rings. The summed E-state index contributed by atoms with van der Waals surface area (Å²) in [6, 6.07) is 0. The zero-order valence-corrected chi connectivity index (χ0v) is 12.4. The molecule has 0 radical (unpaired) electrons. The van der Waals surface area contributed by atoms with Gasteiger partial charge in [-0.25, -0.2) is 0 Å². The van der Waals surface area contributed by atoms with E-state index < -0.39 is 16.2 Å². The van der Waals surface area contributed by atoms with Crippen LogP contribution in [-0.4, -0.2) is 46.7 Å². The Morgan fingerprint density at radius 1 is 1.40 bits per heavy atom. The molecule has 1 aromatic heterocycles. The molecule has 2 N–H and O–H groups in total. The monoisotopic (exact) mass is 304 g/mol. The van der Waals surface area contributed by atoms with Gasteiger partial charge in [-0.05, 0) is 12.8 Å². The van der Waals surface area contributed by atoms with Crippen LogP contribution >= 0.6 is 0 Å². The van der Waals surface area contributed by atoms with E-state index in [0.29, 0.717) is 13.1 Å². The molecule has 9 heteroatoms. The summed E-state index contributed by atoms with van der Waals surface area (Å²) in [6.45, 7) is 4.38. The normalized spacial score (nSPS) is 11.8. The van der Waals surface area contributed by atoms with Gasteiger partial charge in [-0.15, -0.1) is 0 Å². The SMILES string of the molecule is CCCN(CCC)S(=O)(=O)Nc1cnn(CC(=O)O)c1. The van der Waals surface area contributed by atoms with Crippen LogP contribution in [0.5, 0.6) is 0 Å². The summed E-state index contributed by atoms with van der Waals surface area (Å²) >= 11 is 0. The predicted molar refractivity (Wildman–Crippen MR) is 74.6 cm³/mol. The first kappa shape index (κ1) is 16.4. The maximum Gasteiger partial charge on any atom is 0.325 e. The van der Waals surface area contributed by atoms with Crippen LogP contribution in [0.2, 0.25) is 0 Å². The highest BCUT2D eigenvalue weighted by molar-refractivity contribution is 7.90. The lowest BCUT2D eigenvalue weighted by molar-refractivity contribution is -0.137. The minimum atomic E-state index is -3.63. The number of rotatable bonds is 9. The number of hydrogen-bond donors (Lipinski definition) is 2. The van der Waals surface area contributed by atoms with E-state index in [4.69, 9.17) is 5.11 Å². The van der Waals surface area contributed by atoms with E-state index in [1.165, 1.54) is 16.7 Å². The van der Waals surface area contributed by atoms with Crippen LogP contribution < -0.4 is 4.72 Å². The van der Waals surface area contributed by atoms with E-state index in [9.17, 15) is 13.2 Å². The van der Waals surface area contributed by atoms with Gasteiger partial charge in [-0.2, -0.15) is 17.8 Å². The molecule has 0 spiro atoms. The summed E-state index contributed by atoms with van der Waals surface area (Å²) < 4.78 is 29.3. The summed E-state index contributed by atoms with van der Waals surface area (Å²) in [7, 11) is -3.63. The van der Waals surface area contributed by atoms with Gasteiger partial charge in [0.15, 0.2) is 0 Å². The number of aromatic nitrogens is 2. The number of aliphatic carboxylic acids is 1. The van der Waals surface area contributed by atoms with Crippen molar-refractivity contribution in [1.82, 2.24) is 14.1 Å². The summed E-state index contributed by atoms with van der Waals surface area (Å²) in [5.74, 6) is -1.04. The number of anilines is 1. The minimum Gasteiger partial charge on any atom is -0.480 e. The summed E-state index contributed by atoms with van der Waals surface area (Å²) in [4.78, 5) is 10.5. The van der Waals surface area contributed by atoms with E-state index in [2.05, 4.69) is 9.82 Å². The quantitative estimate of drug-likeness (QED) is 0.700. The van der Waals surface area contributed by atoms with Gasteiger partial charge in [0.1, 0.15) is 6.54 Å². The molecule has 1 heterocycles. The van der Waals surface area contributed by atoms with Crippen molar-refractivity contribution in [3.8, 4) is 0 Å². The van der Waals surface area contributed by atoms with Crippen LogP contribution in [0, 0.1) is 0 Å². The second-order valence-electron chi connectivity index (χ2n) is 4.33. The van der Waals surface area contributed by atoms with Crippen LogP contribution in [0.15, 0.2) is 12.4 Å². The van der Waals surface area contributed by atoms with Gasteiger partial charge in [0, 0.05) is 19.3 Å². The van der Waals surface area contributed by atoms with Gasteiger partial charge in [0.05, 0.1) is 11.9 Å². The highest BCUT2D eigenvalue weighted by Gasteiger charge is 2.20. The van der Waals surface area contributed by atoms with Gasteiger partial charge in [-0.1, -0.05) is 13.8 Å². The molecule has 8 nitrogen and oxygen atoms in total. The molecule has 0 atom stereocenters. The topological polar surface area (TPSA) is 105 Å². The minimum absolute atomic E-state index is 0.253. The molecule has 0 bridgehead atoms. The molecule has 114 valence electrons. The van der Waals surface area contributed by atoms with Crippen molar-refractivity contribution < 1.29 is 18.3 Å². The number of carboxylic acids is 1. The molecular formula is C11H20N4O4S. The van der Waals surface area contributed by atoms with Crippen molar-refractivity contribution in [2.24, 2.45) is 0 Å². The Balaban J connectivity index is 2.78. The standard InChI is InChI=1S/C11H20N4O4S/c1-3-5-15(6-4-2)20(18,19)13-10-7-12-14(8-10)9-11(16)17/h7-8,13H,3-6,9H2,1-2H3,(H,16,17). The van der Waals surface area contributed by atoms with Gasteiger partial charge >= 0.3 is 16.2 Å². The molecule has 0 fully saturated rings. The molecule has 0 aliphatic carbocycles. The van der Waals surface area contributed by atoms with Gasteiger partial charge < -0.3 is 5.11 Å². The average Bonchev–Trinajstić information content (AvgIpc) is 2.74. The summed E-state index contributed by atoms with van der Waals surface area (Å²) in [5, 5.41) is 12.4. The van der Waals surface area contributed by atoms with Crippen molar-refractivity contribution >= 4 is 21.9 Å². The fourth-order valence-corrected chi connectivity index (χ4v) is 3.08. The number of nitrogens with one attached hydrogen (secondary N) is 1. The van der Waals surface area contributed by atoms with Gasteiger partial charge in [-0.3, -0.25) is 14.2 Å². The van der Waals surface area contributed by atoms with E-state index in [-0.39, 0.29) is 12.2 Å². The van der Waals surface area contributed by atoms with Crippen molar-refractivity contribution in [3.63, 3.8) is 0 Å². The second-order valence-corrected chi connectivity index (χ2v) is 6.00. The molecule has 0 saturated heterocycles. The third-order valence-electron chi connectivity index (χ3n) is 2.46. The van der Waals surface area contributed by atoms with E-state index >= 15 is 0 Å². The predicted octanol–water partition coefficient (Wildman–Crippen LogP) is 0.746. The molecule has 0 aliphatic heterocycles. The molecule has 0 saturated carbocycles. The first-order chi connectivity index (χ1) is 9.39. The number of carboxylic acid groups (broad SMARTS) is 1. The fourth-order valence-electron chi connectivity index (χ4n) is 1.71. The average molecular weight is 304 g/mol. The lowest BCUT2D eigenvalue weighted by Crippen LogP contribution is -2.37. The molecule has 0 unspecified atom stereocenters. The Bertz CT molecular complexity index is 534. The summed E-state index contributed by atoms with van der Waals surface area (Å²) in [5.41, 5.74) is 0.253. The van der Waals surface area contributed by atoms with Gasteiger partial charge in [0.25, 0.3) is 0 Å². The van der Waals surface area contributed by atoms with E-state index in [0.717, 1.165) is 17.5 Å². The van der Waals surface area contributed by atoms with Crippen molar-refractivity contribution in [1.29, 1.82) is 0 Å². The number of carbonyl (C=O) groups is 1. The molecule has 0 aromatic carbocycles. The fraction of sp³-hybridized carbons (Fsp3) is 0.636. The lowest BCUT2D eigenvalue weighted by Gasteiger charge is -2.21. The Morgan fingerprint density at radius 3 is 2.50 bits per heavy atom. The van der Waals surface area contributed by atoms with Gasteiger partial charge in [0.2, 0.25) is 0 Å². The Kier molecular flexibility index (Phi) is 5.96. The van der Waals surface area contributed by atoms with Crippen LogP contribution in [0.3, 0.4) is 0 Å². The lowest BCUT2D eigenvalue weighted by atomic mass is 10.4. The van der Waals surface area contributed by atoms with Crippen LogP contribution in [0.25, 0.3) is 0 Å². The van der Waals surface area contributed by atoms with E-state index in [1.54, 1.807) is 0 Å². The molecule has 20 heavy (non-hydrogen) atoms. The molecule has 0 amide bonds. The van der Waals surface area contributed by atoms with Crippen LogP contribution in [0.4, 0.5) is 5.69 Å². The molecule has 1 rings (SSSR count). The number of hydrogen-bond acceptors (Lipinski definition) is 4. The zero-order valence-electron chi connectivity index (χ0n) is 11.6. The summed E-state index contributed by atoms with van der Waals surface area (Å²) in [6.07, 6.45) is 4.08. The zero-order chi connectivity index (χ0) is 15.2. The maximum atomic E-state index is 12.2. The van der Waals surface area contributed by atoms with Crippen molar-refractivity contribution in [2.75, 3.05) is 17.8 Å². The van der Waals surface area contributed by atoms with Crippen molar-refractivity contribution in [2.45, 2.75) is 33.2 Å². The third kappa shape index (κ3) is 4.82. The third-order valence-corrected chi connectivity index (χ3v) is 4.00. The highest BCUT2D eigenvalue weighted by Crippen LogP contribution is 2.11. The Morgan fingerprint density at radius 2 is 2.00 bits per heavy atom.